The summed E-state index contributed by atoms with van der Waals surface area (Å²) in [5.41, 5.74) is 0.810. The molecule has 5 heteroatoms. The van der Waals surface area contributed by atoms with Gasteiger partial charge in [-0.2, -0.15) is 0 Å². The zero-order valence-electron chi connectivity index (χ0n) is 11.9. The van der Waals surface area contributed by atoms with E-state index in [4.69, 9.17) is 23.2 Å². The third-order valence-electron chi connectivity index (χ3n) is 3.81. The molecule has 0 spiro atoms. The quantitative estimate of drug-likeness (QED) is 0.857. The van der Waals surface area contributed by atoms with Crippen molar-refractivity contribution in [3.8, 4) is 0 Å². The summed E-state index contributed by atoms with van der Waals surface area (Å²) in [4.78, 5) is 16.9. The second kappa shape index (κ2) is 6.90. The van der Waals surface area contributed by atoms with Gasteiger partial charge in [-0.3, -0.25) is 9.69 Å². The number of rotatable bonds is 3. The molecule has 20 heavy (non-hydrogen) atoms. The first kappa shape index (κ1) is 15.8. The Bertz CT molecular complexity index is 493. The van der Waals surface area contributed by atoms with Crippen molar-refractivity contribution in [2.45, 2.75) is 18.9 Å². The second-order valence-corrected chi connectivity index (χ2v) is 6.33. The maximum absolute atomic E-state index is 12.6. The van der Waals surface area contributed by atoms with Gasteiger partial charge in [-0.25, -0.2) is 0 Å². The van der Waals surface area contributed by atoms with E-state index >= 15 is 0 Å². The number of hydrogen-bond acceptors (Lipinski definition) is 3. The van der Waals surface area contributed by atoms with Crippen LogP contribution in [0.2, 0.25) is 10.0 Å². The van der Waals surface area contributed by atoms with Crippen LogP contribution in [0.25, 0.3) is 0 Å². The number of carbonyl (C=O) groups is 1. The van der Waals surface area contributed by atoms with Gasteiger partial charge in [0.2, 0.25) is 0 Å². The molecule has 1 heterocycles. The topological polar surface area (TPSA) is 23.6 Å². The predicted octanol–water partition coefficient (Wildman–Crippen LogP) is 2.74. The van der Waals surface area contributed by atoms with E-state index in [1.807, 2.05) is 7.05 Å². The molecule has 3 nitrogen and oxygen atoms in total. The number of ketones is 1. The van der Waals surface area contributed by atoms with Crippen LogP contribution >= 0.6 is 23.2 Å². The summed E-state index contributed by atoms with van der Waals surface area (Å²) in [6.07, 6.45) is 1.43. The fourth-order valence-electron chi connectivity index (χ4n) is 2.60. The monoisotopic (exact) mass is 314 g/mol. The lowest BCUT2D eigenvalue weighted by molar-refractivity contribution is -0.123. The molecule has 2 rings (SSSR count). The lowest BCUT2D eigenvalue weighted by atomic mass is 10.0. The molecule has 1 unspecified atom stereocenters. The van der Waals surface area contributed by atoms with Crippen LogP contribution in [0, 0.1) is 0 Å². The molecule has 1 aliphatic heterocycles. The SMILES string of the molecule is CN1CCCN(C)C(C(=O)Cc2cc(Cl)ccc2Cl)C1. The van der Waals surface area contributed by atoms with Crippen LogP contribution in [0.5, 0.6) is 0 Å². The first-order valence-corrected chi connectivity index (χ1v) is 7.58. The molecule has 0 radical (unpaired) electrons. The number of halogens is 2. The Balaban J connectivity index is 2.11. The summed E-state index contributed by atoms with van der Waals surface area (Å²) in [5.74, 6) is 0.199. The zero-order valence-corrected chi connectivity index (χ0v) is 13.4. The Kier molecular flexibility index (Phi) is 5.44. The van der Waals surface area contributed by atoms with Crippen LogP contribution in [0.4, 0.5) is 0 Å². The standard InChI is InChI=1S/C15H20Cl2N2O/c1-18-6-3-7-19(2)14(10-18)15(20)9-11-8-12(16)4-5-13(11)17/h4-5,8,14H,3,6-7,9-10H2,1-2H3. The normalized spacial score (nSPS) is 21.7. The average Bonchev–Trinajstić information content (AvgIpc) is 2.55. The molecule has 0 aliphatic carbocycles. The van der Waals surface area contributed by atoms with Gasteiger partial charge >= 0.3 is 0 Å². The van der Waals surface area contributed by atoms with E-state index in [0.29, 0.717) is 16.5 Å². The van der Waals surface area contributed by atoms with Crippen molar-refractivity contribution < 1.29 is 4.79 Å². The summed E-state index contributed by atoms with van der Waals surface area (Å²) >= 11 is 12.1. The molecule has 0 aromatic heterocycles. The minimum Gasteiger partial charge on any atom is -0.304 e. The van der Waals surface area contributed by atoms with Crippen LogP contribution in [0.3, 0.4) is 0 Å². The largest absolute Gasteiger partial charge is 0.304 e. The smallest absolute Gasteiger partial charge is 0.155 e. The first-order valence-electron chi connectivity index (χ1n) is 6.83. The van der Waals surface area contributed by atoms with Gasteiger partial charge in [-0.05, 0) is 57.4 Å². The fraction of sp³-hybridized carbons (Fsp3) is 0.533. The Labute approximate surface area is 130 Å². The zero-order chi connectivity index (χ0) is 14.7. The fourth-order valence-corrected chi connectivity index (χ4v) is 2.98. The van der Waals surface area contributed by atoms with Crippen molar-refractivity contribution in [2.24, 2.45) is 0 Å². The minimum absolute atomic E-state index is 0.0717. The molecule has 0 saturated carbocycles. The Hall–Kier alpha value is -0.610. The third-order valence-corrected chi connectivity index (χ3v) is 4.42. The van der Waals surface area contributed by atoms with Gasteiger partial charge in [0, 0.05) is 23.0 Å². The number of Topliss-reactive ketones (excluding diaryl/α,β-unsaturated/α-hetero) is 1. The maximum Gasteiger partial charge on any atom is 0.155 e. The molecule has 1 saturated heterocycles. The van der Waals surface area contributed by atoms with E-state index in [1.165, 1.54) is 0 Å². The molecule has 0 N–H and O–H groups in total. The number of benzene rings is 1. The van der Waals surface area contributed by atoms with E-state index in [0.717, 1.165) is 31.6 Å². The third kappa shape index (κ3) is 3.95. The van der Waals surface area contributed by atoms with E-state index in [2.05, 4.69) is 16.8 Å². The van der Waals surface area contributed by atoms with E-state index < -0.39 is 0 Å². The van der Waals surface area contributed by atoms with E-state index in [-0.39, 0.29) is 11.8 Å². The lowest BCUT2D eigenvalue weighted by Gasteiger charge is -2.26. The number of likely N-dealkylation sites (N-methyl/N-ethyl adjacent to an activating group) is 2. The van der Waals surface area contributed by atoms with Crippen molar-refractivity contribution in [1.82, 2.24) is 9.80 Å². The van der Waals surface area contributed by atoms with Crippen LogP contribution in [-0.4, -0.2) is 55.4 Å². The summed E-state index contributed by atoms with van der Waals surface area (Å²) in [6, 6.07) is 5.19. The van der Waals surface area contributed by atoms with E-state index in [9.17, 15) is 4.79 Å². The van der Waals surface area contributed by atoms with Crippen LogP contribution in [0.15, 0.2) is 18.2 Å². The van der Waals surface area contributed by atoms with Gasteiger partial charge in [-0.15, -0.1) is 0 Å². The molecule has 110 valence electrons. The highest BCUT2D eigenvalue weighted by molar-refractivity contribution is 6.33. The molecule has 1 aromatic carbocycles. The van der Waals surface area contributed by atoms with Gasteiger partial charge in [-0.1, -0.05) is 23.2 Å². The van der Waals surface area contributed by atoms with Gasteiger partial charge in [0.1, 0.15) is 0 Å². The molecular weight excluding hydrogens is 295 g/mol. The summed E-state index contributed by atoms with van der Waals surface area (Å²) in [7, 11) is 4.08. The molecular formula is C15H20Cl2N2O. The maximum atomic E-state index is 12.6. The molecule has 1 aromatic rings. The first-order chi connectivity index (χ1) is 9.47. The Morgan fingerprint density at radius 2 is 2.05 bits per heavy atom. The Morgan fingerprint density at radius 1 is 1.30 bits per heavy atom. The van der Waals surface area contributed by atoms with Gasteiger partial charge < -0.3 is 4.90 Å². The van der Waals surface area contributed by atoms with Crippen LogP contribution in [-0.2, 0) is 11.2 Å². The highest BCUT2D eigenvalue weighted by atomic mass is 35.5. The highest BCUT2D eigenvalue weighted by Crippen LogP contribution is 2.22. The van der Waals surface area contributed by atoms with Crippen molar-refractivity contribution in [2.75, 3.05) is 33.7 Å². The predicted molar refractivity (Wildman–Crippen MR) is 83.7 cm³/mol. The van der Waals surface area contributed by atoms with Gasteiger partial charge in [0.25, 0.3) is 0 Å². The molecule has 0 bridgehead atoms. The number of hydrogen-bond donors (Lipinski definition) is 0. The van der Waals surface area contributed by atoms with E-state index in [1.54, 1.807) is 18.2 Å². The minimum atomic E-state index is -0.0717. The highest BCUT2D eigenvalue weighted by Gasteiger charge is 2.27. The average molecular weight is 315 g/mol. The molecule has 0 amide bonds. The van der Waals surface area contributed by atoms with Crippen molar-refractivity contribution in [1.29, 1.82) is 0 Å². The van der Waals surface area contributed by atoms with Crippen molar-refractivity contribution in [3.63, 3.8) is 0 Å². The van der Waals surface area contributed by atoms with Crippen LogP contribution < -0.4 is 0 Å². The summed E-state index contributed by atoms with van der Waals surface area (Å²) in [5, 5.41) is 1.22. The summed E-state index contributed by atoms with van der Waals surface area (Å²) in [6.45, 7) is 2.75. The van der Waals surface area contributed by atoms with Gasteiger partial charge in [0.05, 0.1) is 6.04 Å². The second-order valence-electron chi connectivity index (χ2n) is 5.49. The number of carbonyl (C=O) groups excluding carboxylic acids is 1. The van der Waals surface area contributed by atoms with Crippen LogP contribution in [0.1, 0.15) is 12.0 Å². The lowest BCUT2D eigenvalue weighted by Crippen LogP contribution is -2.44. The van der Waals surface area contributed by atoms with Crippen molar-refractivity contribution in [3.05, 3.63) is 33.8 Å². The molecule has 1 fully saturated rings. The molecule has 1 aliphatic rings. The Morgan fingerprint density at radius 3 is 2.80 bits per heavy atom. The van der Waals surface area contributed by atoms with Gasteiger partial charge in [0.15, 0.2) is 5.78 Å². The number of nitrogens with zero attached hydrogens (tertiary/aromatic N) is 2. The summed E-state index contributed by atoms with van der Waals surface area (Å²) < 4.78 is 0. The van der Waals surface area contributed by atoms with Crippen molar-refractivity contribution >= 4 is 29.0 Å². The molecule has 1 atom stereocenters.